The second-order valence-corrected chi connectivity index (χ2v) is 7.11. The van der Waals surface area contributed by atoms with E-state index >= 15 is 0 Å². The van der Waals surface area contributed by atoms with E-state index < -0.39 is 11.6 Å². The van der Waals surface area contributed by atoms with Crippen molar-refractivity contribution in [2.24, 2.45) is 0 Å². The zero-order valence-corrected chi connectivity index (χ0v) is 14.3. The summed E-state index contributed by atoms with van der Waals surface area (Å²) in [5.41, 5.74) is 0.973. The number of fused-ring (bicyclic) bond motifs is 1. The first-order chi connectivity index (χ1) is 11.5. The number of rotatable bonds is 2. The van der Waals surface area contributed by atoms with Crippen molar-refractivity contribution in [3.63, 3.8) is 0 Å². The first kappa shape index (κ1) is 15.7. The maximum absolute atomic E-state index is 14.2. The third-order valence-corrected chi connectivity index (χ3v) is 5.46. The standard InChI is InChI=1S/C16H13ClF2N4S/c1-8-3-2-6-23(8)16-22-14-13(24-16)12(20-15(17)21-14)10-5-4-9(18)7-11(10)19/h4-5,7-8H,2-3,6H2,1H3/t8-/m1/s1. The van der Waals surface area contributed by atoms with Crippen molar-refractivity contribution < 1.29 is 8.78 Å². The topological polar surface area (TPSA) is 41.9 Å². The molecule has 0 N–H and O–H groups in total. The summed E-state index contributed by atoms with van der Waals surface area (Å²) in [4.78, 5) is 15.1. The van der Waals surface area contributed by atoms with Gasteiger partial charge in [0.25, 0.3) is 0 Å². The number of halogens is 3. The van der Waals surface area contributed by atoms with Gasteiger partial charge in [0.15, 0.2) is 10.8 Å². The Balaban J connectivity index is 1.90. The molecule has 0 spiro atoms. The van der Waals surface area contributed by atoms with Gasteiger partial charge in [-0.15, -0.1) is 0 Å². The monoisotopic (exact) mass is 366 g/mol. The number of hydrogen-bond donors (Lipinski definition) is 0. The quantitative estimate of drug-likeness (QED) is 0.618. The predicted octanol–water partition coefficient (Wildman–Crippen LogP) is 4.67. The highest BCUT2D eigenvalue weighted by molar-refractivity contribution is 7.22. The van der Waals surface area contributed by atoms with E-state index in [0.29, 0.717) is 22.1 Å². The highest BCUT2D eigenvalue weighted by atomic mass is 35.5. The summed E-state index contributed by atoms with van der Waals surface area (Å²) in [5, 5.41) is 0.822. The Hall–Kier alpha value is -1.86. The van der Waals surface area contributed by atoms with Crippen LogP contribution in [0, 0.1) is 11.6 Å². The summed E-state index contributed by atoms with van der Waals surface area (Å²) in [6.07, 6.45) is 2.23. The Kier molecular flexibility index (Phi) is 3.85. The maximum atomic E-state index is 14.2. The highest BCUT2D eigenvalue weighted by Crippen LogP contribution is 2.38. The molecule has 1 aliphatic heterocycles. The van der Waals surface area contributed by atoms with Crippen molar-refractivity contribution in [1.29, 1.82) is 0 Å². The van der Waals surface area contributed by atoms with Gasteiger partial charge in [-0.2, -0.15) is 9.97 Å². The molecule has 0 aliphatic carbocycles. The lowest BCUT2D eigenvalue weighted by molar-refractivity contribution is 0.585. The van der Waals surface area contributed by atoms with Crippen molar-refractivity contribution in [2.45, 2.75) is 25.8 Å². The highest BCUT2D eigenvalue weighted by Gasteiger charge is 2.25. The molecule has 3 heterocycles. The van der Waals surface area contributed by atoms with E-state index in [-0.39, 0.29) is 10.8 Å². The van der Waals surface area contributed by atoms with Crippen LogP contribution in [-0.4, -0.2) is 27.5 Å². The average molecular weight is 367 g/mol. The lowest BCUT2D eigenvalue weighted by Crippen LogP contribution is -2.25. The fourth-order valence-electron chi connectivity index (χ4n) is 2.99. The molecule has 8 heteroatoms. The molecule has 1 saturated heterocycles. The van der Waals surface area contributed by atoms with Crippen LogP contribution >= 0.6 is 22.9 Å². The van der Waals surface area contributed by atoms with E-state index in [1.807, 2.05) is 0 Å². The molecule has 0 amide bonds. The summed E-state index contributed by atoms with van der Waals surface area (Å²) in [6.45, 7) is 3.08. The van der Waals surface area contributed by atoms with Gasteiger partial charge in [-0.3, -0.25) is 0 Å². The van der Waals surface area contributed by atoms with Crippen LogP contribution in [0.2, 0.25) is 5.28 Å². The zero-order valence-electron chi connectivity index (χ0n) is 12.8. The first-order valence-electron chi connectivity index (χ1n) is 7.59. The molecule has 0 saturated carbocycles. The van der Waals surface area contributed by atoms with Gasteiger partial charge in [-0.05, 0) is 43.5 Å². The number of anilines is 1. The second-order valence-electron chi connectivity index (χ2n) is 5.80. The smallest absolute Gasteiger partial charge is 0.225 e. The maximum Gasteiger partial charge on any atom is 0.225 e. The zero-order chi connectivity index (χ0) is 16.8. The predicted molar refractivity (Wildman–Crippen MR) is 91.6 cm³/mol. The van der Waals surface area contributed by atoms with Gasteiger partial charge in [-0.25, -0.2) is 13.8 Å². The van der Waals surface area contributed by atoms with Crippen LogP contribution < -0.4 is 4.90 Å². The minimum absolute atomic E-state index is 0.00690. The van der Waals surface area contributed by atoms with Crippen LogP contribution in [0.1, 0.15) is 19.8 Å². The van der Waals surface area contributed by atoms with Gasteiger partial charge in [0.1, 0.15) is 16.3 Å². The van der Waals surface area contributed by atoms with Crippen molar-refractivity contribution >= 4 is 38.4 Å². The molecule has 0 unspecified atom stereocenters. The lowest BCUT2D eigenvalue weighted by Gasteiger charge is -2.19. The Morgan fingerprint density at radius 3 is 2.79 bits per heavy atom. The molecular weight excluding hydrogens is 354 g/mol. The van der Waals surface area contributed by atoms with Crippen molar-refractivity contribution in [3.8, 4) is 11.3 Å². The normalized spacial score (nSPS) is 17.8. The van der Waals surface area contributed by atoms with Crippen molar-refractivity contribution in [3.05, 3.63) is 35.1 Å². The van der Waals surface area contributed by atoms with E-state index in [1.54, 1.807) is 0 Å². The number of benzene rings is 1. The molecule has 1 aromatic carbocycles. The van der Waals surface area contributed by atoms with Crippen LogP contribution in [0.15, 0.2) is 18.2 Å². The molecule has 4 rings (SSSR count). The minimum Gasteiger partial charge on any atom is -0.345 e. The van der Waals surface area contributed by atoms with E-state index in [0.717, 1.165) is 30.6 Å². The summed E-state index contributed by atoms with van der Waals surface area (Å²) >= 11 is 7.40. The molecule has 24 heavy (non-hydrogen) atoms. The number of hydrogen-bond acceptors (Lipinski definition) is 5. The second kappa shape index (κ2) is 5.89. The van der Waals surface area contributed by atoms with Crippen LogP contribution in [0.25, 0.3) is 21.6 Å². The van der Waals surface area contributed by atoms with Crippen LogP contribution in [-0.2, 0) is 0 Å². The number of aromatic nitrogens is 3. The number of thiazole rings is 1. The SMILES string of the molecule is C[C@@H]1CCCN1c1nc2nc(Cl)nc(-c3ccc(F)cc3F)c2s1. The molecule has 124 valence electrons. The summed E-state index contributed by atoms with van der Waals surface area (Å²) in [6, 6.07) is 3.80. The van der Waals surface area contributed by atoms with Gasteiger partial charge < -0.3 is 4.90 Å². The lowest BCUT2D eigenvalue weighted by atomic mass is 10.1. The van der Waals surface area contributed by atoms with Crippen LogP contribution in [0.5, 0.6) is 0 Å². The number of nitrogens with zero attached hydrogens (tertiary/aromatic N) is 4. The first-order valence-corrected chi connectivity index (χ1v) is 8.78. The summed E-state index contributed by atoms with van der Waals surface area (Å²) in [5.74, 6) is -1.32. The van der Waals surface area contributed by atoms with Crippen molar-refractivity contribution in [2.75, 3.05) is 11.4 Å². The van der Waals surface area contributed by atoms with E-state index in [9.17, 15) is 8.78 Å². The van der Waals surface area contributed by atoms with Gasteiger partial charge in [0.05, 0.1) is 5.69 Å². The van der Waals surface area contributed by atoms with Crippen molar-refractivity contribution in [1.82, 2.24) is 15.0 Å². The Morgan fingerprint density at radius 1 is 1.25 bits per heavy atom. The Labute approximate surface area is 146 Å². The fourth-order valence-corrected chi connectivity index (χ4v) is 4.29. The van der Waals surface area contributed by atoms with Gasteiger partial charge in [-0.1, -0.05) is 11.3 Å². The molecule has 3 aromatic rings. The fraction of sp³-hybridized carbons (Fsp3) is 0.312. The Morgan fingerprint density at radius 2 is 2.08 bits per heavy atom. The van der Waals surface area contributed by atoms with Gasteiger partial charge in [0, 0.05) is 24.2 Å². The minimum atomic E-state index is -0.685. The molecular formula is C16H13ClF2N4S. The van der Waals surface area contributed by atoms with E-state index in [4.69, 9.17) is 11.6 Å². The molecule has 4 nitrogen and oxygen atoms in total. The van der Waals surface area contributed by atoms with E-state index in [1.165, 1.54) is 23.5 Å². The molecule has 1 atom stereocenters. The third kappa shape index (κ3) is 2.61. The summed E-state index contributed by atoms with van der Waals surface area (Å²) < 4.78 is 28.0. The van der Waals surface area contributed by atoms with Gasteiger partial charge in [0.2, 0.25) is 5.28 Å². The summed E-state index contributed by atoms with van der Waals surface area (Å²) in [7, 11) is 0. The van der Waals surface area contributed by atoms with Gasteiger partial charge >= 0.3 is 0 Å². The Bertz CT molecular complexity index is 930. The molecule has 1 aliphatic rings. The average Bonchev–Trinajstić information content (AvgIpc) is 3.12. The molecule has 0 bridgehead atoms. The van der Waals surface area contributed by atoms with E-state index in [2.05, 4.69) is 26.8 Å². The molecule has 0 radical (unpaired) electrons. The largest absolute Gasteiger partial charge is 0.345 e. The molecule has 1 fully saturated rings. The van der Waals surface area contributed by atoms with Crippen LogP contribution in [0.4, 0.5) is 13.9 Å². The van der Waals surface area contributed by atoms with Crippen LogP contribution in [0.3, 0.4) is 0 Å². The molecule has 2 aromatic heterocycles. The third-order valence-electron chi connectivity index (χ3n) is 4.20.